The summed E-state index contributed by atoms with van der Waals surface area (Å²) in [6.45, 7) is 4.04. The summed E-state index contributed by atoms with van der Waals surface area (Å²) in [7, 11) is -3.33. The monoisotopic (exact) mass is 320 g/mol. The predicted molar refractivity (Wildman–Crippen MR) is 88.2 cm³/mol. The second-order valence-electron chi connectivity index (χ2n) is 6.32. The lowest BCUT2D eigenvalue weighted by Gasteiger charge is -2.35. The first-order valence-electron chi connectivity index (χ1n) is 7.59. The third kappa shape index (κ3) is 5.66. The average Bonchev–Trinajstić information content (AvgIpc) is 2.30. The van der Waals surface area contributed by atoms with Crippen LogP contribution in [0.25, 0.3) is 0 Å². The molecule has 0 bridgehead atoms. The molecule has 1 aliphatic rings. The standard InChI is InChI=1S/C14H28N2O2S2/c1-12(2)8-11-20(17,18)16-14(13(15)19)9-6-4-3-5-7-10-14/h12,16H,3-11H2,1-2H3,(H2,15,19). The first kappa shape index (κ1) is 17.9. The molecule has 1 fully saturated rings. The van der Waals surface area contributed by atoms with Crippen molar-refractivity contribution in [1.29, 1.82) is 0 Å². The molecule has 1 saturated carbocycles. The Hall–Kier alpha value is -0.200. The Balaban J connectivity index is 2.81. The van der Waals surface area contributed by atoms with Crippen molar-refractivity contribution in [2.45, 2.75) is 70.8 Å². The Morgan fingerprint density at radius 1 is 1.20 bits per heavy atom. The molecule has 0 aliphatic heterocycles. The van der Waals surface area contributed by atoms with Crippen LogP contribution in [0.1, 0.15) is 65.2 Å². The number of sulfonamides is 1. The van der Waals surface area contributed by atoms with E-state index in [1.54, 1.807) is 0 Å². The van der Waals surface area contributed by atoms with E-state index in [1.165, 1.54) is 6.42 Å². The Bertz CT molecular complexity index is 411. The van der Waals surface area contributed by atoms with Crippen LogP contribution in [0.3, 0.4) is 0 Å². The molecular formula is C14H28N2O2S2. The van der Waals surface area contributed by atoms with E-state index < -0.39 is 15.6 Å². The highest BCUT2D eigenvalue weighted by Gasteiger charge is 2.37. The lowest BCUT2D eigenvalue weighted by molar-refractivity contribution is 0.371. The van der Waals surface area contributed by atoms with E-state index in [0.29, 0.717) is 17.3 Å². The van der Waals surface area contributed by atoms with Crippen LogP contribution in [0.2, 0.25) is 0 Å². The van der Waals surface area contributed by atoms with Crippen LogP contribution in [0, 0.1) is 5.92 Å². The number of rotatable bonds is 6. The summed E-state index contributed by atoms with van der Waals surface area (Å²) in [4.78, 5) is 0.299. The van der Waals surface area contributed by atoms with Crippen molar-refractivity contribution in [2.24, 2.45) is 11.7 Å². The van der Waals surface area contributed by atoms with Gasteiger partial charge in [-0.2, -0.15) is 0 Å². The second kappa shape index (κ2) is 7.71. The highest BCUT2D eigenvalue weighted by Crippen LogP contribution is 2.28. The highest BCUT2D eigenvalue weighted by atomic mass is 32.2. The van der Waals surface area contributed by atoms with Gasteiger partial charge in [0.2, 0.25) is 10.0 Å². The number of hydrogen-bond acceptors (Lipinski definition) is 3. The summed E-state index contributed by atoms with van der Waals surface area (Å²) >= 11 is 5.19. The summed E-state index contributed by atoms with van der Waals surface area (Å²) < 4.78 is 27.4. The van der Waals surface area contributed by atoms with Gasteiger partial charge in [0.05, 0.1) is 16.3 Å². The molecule has 0 aromatic rings. The minimum atomic E-state index is -3.33. The van der Waals surface area contributed by atoms with Crippen LogP contribution in [-0.4, -0.2) is 24.7 Å². The fourth-order valence-electron chi connectivity index (χ4n) is 2.65. The van der Waals surface area contributed by atoms with Gasteiger partial charge in [0.1, 0.15) is 0 Å². The highest BCUT2D eigenvalue weighted by molar-refractivity contribution is 7.89. The fraction of sp³-hybridized carbons (Fsp3) is 0.929. The van der Waals surface area contributed by atoms with E-state index >= 15 is 0 Å². The third-order valence-electron chi connectivity index (χ3n) is 3.99. The van der Waals surface area contributed by atoms with Gasteiger partial charge in [0, 0.05) is 0 Å². The molecule has 118 valence electrons. The van der Waals surface area contributed by atoms with Crippen molar-refractivity contribution >= 4 is 27.2 Å². The van der Waals surface area contributed by atoms with Crippen molar-refractivity contribution in [3.8, 4) is 0 Å². The van der Waals surface area contributed by atoms with Crippen molar-refractivity contribution in [3.05, 3.63) is 0 Å². The van der Waals surface area contributed by atoms with Gasteiger partial charge in [0.25, 0.3) is 0 Å². The Morgan fingerprint density at radius 3 is 2.15 bits per heavy atom. The molecule has 1 rings (SSSR count). The normalized spacial score (nSPS) is 20.4. The number of nitrogens with one attached hydrogen (secondary N) is 1. The van der Waals surface area contributed by atoms with Crippen LogP contribution in [0.4, 0.5) is 0 Å². The van der Waals surface area contributed by atoms with Crippen LogP contribution in [-0.2, 0) is 10.0 Å². The molecule has 0 aromatic carbocycles. The van der Waals surface area contributed by atoms with Gasteiger partial charge in [-0.3, -0.25) is 0 Å². The molecule has 0 aromatic heterocycles. The van der Waals surface area contributed by atoms with Gasteiger partial charge in [-0.05, 0) is 25.2 Å². The Kier molecular flexibility index (Phi) is 6.88. The SMILES string of the molecule is CC(C)CCS(=O)(=O)NC1(C(N)=S)CCCCCCC1. The molecule has 3 N–H and O–H groups in total. The van der Waals surface area contributed by atoms with Gasteiger partial charge in [-0.25, -0.2) is 13.1 Å². The van der Waals surface area contributed by atoms with Crippen molar-refractivity contribution in [2.75, 3.05) is 5.75 Å². The molecule has 6 heteroatoms. The van der Waals surface area contributed by atoms with E-state index in [0.717, 1.165) is 38.5 Å². The molecule has 0 spiro atoms. The van der Waals surface area contributed by atoms with Crippen molar-refractivity contribution in [3.63, 3.8) is 0 Å². The maximum atomic E-state index is 12.3. The summed E-state index contributed by atoms with van der Waals surface area (Å²) in [5, 5.41) is 0. The quantitative estimate of drug-likeness (QED) is 0.738. The fourth-order valence-corrected chi connectivity index (χ4v) is 4.76. The minimum absolute atomic E-state index is 0.148. The van der Waals surface area contributed by atoms with Crippen molar-refractivity contribution in [1.82, 2.24) is 4.72 Å². The van der Waals surface area contributed by atoms with Gasteiger partial charge >= 0.3 is 0 Å². The lowest BCUT2D eigenvalue weighted by Crippen LogP contribution is -2.57. The molecule has 0 heterocycles. The van der Waals surface area contributed by atoms with E-state index in [-0.39, 0.29) is 5.75 Å². The van der Waals surface area contributed by atoms with E-state index in [9.17, 15) is 8.42 Å². The zero-order valence-corrected chi connectivity index (χ0v) is 14.3. The second-order valence-corrected chi connectivity index (χ2v) is 8.60. The largest absolute Gasteiger partial charge is 0.392 e. The maximum Gasteiger partial charge on any atom is 0.212 e. The maximum absolute atomic E-state index is 12.3. The first-order chi connectivity index (χ1) is 9.27. The summed E-state index contributed by atoms with van der Waals surface area (Å²) in [6.07, 6.45) is 7.52. The van der Waals surface area contributed by atoms with Crippen molar-refractivity contribution < 1.29 is 8.42 Å². The molecule has 20 heavy (non-hydrogen) atoms. The van der Waals surface area contributed by atoms with Gasteiger partial charge < -0.3 is 5.73 Å². The summed E-state index contributed by atoms with van der Waals surface area (Å²) in [5.41, 5.74) is 5.19. The molecule has 0 unspecified atom stereocenters. The predicted octanol–water partition coefficient (Wildman–Crippen LogP) is 2.72. The molecule has 1 aliphatic carbocycles. The van der Waals surface area contributed by atoms with Gasteiger partial charge in [-0.15, -0.1) is 0 Å². The van der Waals surface area contributed by atoms with E-state index in [1.807, 2.05) is 13.8 Å². The molecular weight excluding hydrogens is 292 g/mol. The zero-order chi connectivity index (χ0) is 15.2. The third-order valence-corrected chi connectivity index (χ3v) is 5.86. The smallest absolute Gasteiger partial charge is 0.212 e. The van der Waals surface area contributed by atoms with Crippen LogP contribution >= 0.6 is 12.2 Å². The number of hydrogen-bond donors (Lipinski definition) is 2. The Labute approximate surface area is 128 Å². The van der Waals surface area contributed by atoms with Crippen LogP contribution in [0.15, 0.2) is 0 Å². The minimum Gasteiger partial charge on any atom is -0.392 e. The van der Waals surface area contributed by atoms with Gasteiger partial charge in [0.15, 0.2) is 0 Å². The van der Waals surface area contributed by atoms with E-state index in [4.69, 9.17) is 18.0 Å². The van der Waals surface area contributed by atoms with Gasteiger partial charge in [-0.1, -0.05) is 58.2 Å². The molecule has 0 saturated heterocycles. The molecule has 0 radical (unpaired) electrons. The van der Waals surface area contributed by atoms with E-state index in [2.05, 4.69) is 4.72 Å². The topological polar surface area (TPSA) is 72.2 Å². The Morgan fingerprint density at radius 2 is 1.70 bits per heavy atom. The summed E-state index contributed by atoms with van der Waals surface area (Å²) in [6, 6.07) is 0. The average molecular weight is 321 g/mol. The number of thiocarbonyl (C=S) groups is 1. The van der Waals surface area contributed by atoms with Crippen LogP contribution < -0.4 is 10.5 Å². The zero-order valence-electron chi connectivity index (χ0n) is 12.7. The molecule has 0 atom stereocenters. The number of nitrogens with two attached hydrogens (primary N) is 1. The first-order valence-corrected chi connectivity index (χ1v) is 9.65. The van der Waals surface area contributed by atoms with Crippen LogP contribution in [0.5, 0.6) is 0 Å². The lowest BCUT2D eigenvalue weighted by atomic mass is 9.85. The molecule has 0 amide bonds. The summed E-state index contributed by atoms with van der Waals surface area (Å²) in [5.74, 6) is 0.513. The molecule has 4 nitrogen and oxygen atoms in total.